The number of rotatable bonds is 6. The Morgan fingerprint density at radius 2 is 1.89 bits per heavy atom. The van der Waals surface area contributed by atoms with Crippen molar-refractivity contribution in [1.82, 2.24) is 0 Å². The Morgan fingerprint density at radius 3 is 2.48 bits per heavy atom. The number of hydrogen-bond donors (Lipinski definition) is 3. The highest BCUT2D eigenvalue weighted by molar-refractivity contribution is 9.10. The fraction of sp³-hybridized carbons (Fsp3) is 0.158. The summed E-state index contributed by atoms with van der Waals surface area (Å²) < 4.78 is 20.0. The predicted octanol–water partition coefficient (Wildman–Crippen LogP) is 4.86. The van der Waals surface area contributed by atoms with Gasteiger partial charge in [-0.3, -0.25) is 5.32 Å². The lowest BCUT2D eigenvalue weighted by molar-refractivity contribution is -0.131. The summed E-state index contributed by atoms with van der Waals surface area (Å²) in [6.07, 6.45) is 0.507. The third kappa shape index (κ3) is 6.10. The summed E-state index contributed by atoms with van der Waals surface area (Å²) in [4.78, 5) is 23.0. The number of phenolic OH excluding ortho intramolecular Hbond substituents is 1. The summed E-state index contributed by atoms with van der Waals surface area (Å²) in [5.74, 6) is -3.13. The van der Waals surface area contributed by atoms with Crippen LogP contribution in [0.1, 0.15) is 18.6 Å². The number of aliphatic carboxylic acids is 1. The zero-order valence-electron chi connectivity index (χ0n) is 14.2. The maximum absolute atomic E-state index is 13.7. The van der Waals surface area contributed by atoms with E-state index in [-0.39, 0.29) is 5.56 Å². The van der Waals surface area contributed by atoms with E-state index in [1.165, 1.54) is 12.1 Å². The van der Waals surface area contributed by atoms with Gasteiger partial charge in [-0.1, -0.05) is 35.0 Å². The van der Waals surface area contributed by atoms with E-state index in [9.17, 15) is 19.1 Å². The number of amides is 1. The second kappa shape index (κ2) is 9.18. The average molecular weight is 438 g/mol. The van der Waals surface area contributed by atoms with Gasteiger partial charge in [0, 0.05) is 22.2 Å². The van der Waals surface area contributed by atoms with Gasteiger partial charge in [-0.05, 0) is 42.0 Å². The van der Waals surface area contributed by atoms with Gasteiger partial charge in [0.05, 0.1) is 0 Å². The molecule has 0 aliphatic heterocycles. The Kier molecular flexibility index (Phi) is 6.95. The van der Waals surface area contributed by atoms with Crippen molar-refractivity contribution >= 4 is 33.7 Å². The van der Waals surface area contributed by atoms with Gasteiger partial charge in [-0.25, -0.2) is 14.0 Å². The number of anilines is 1. The third-order valence-corrected chi connectivity index (χ3v) is 4.17. The molecule has 0 aliphatic carbocycles. The van der Waals surface area contributed by atoms with Crippen molar-refractivity contribution in [2.45, 2.75) is 13.0 Å². The SMILES string of the molecule is C[C@H](/C=C/C(=O)O)[C@H](OC(=O)Nc1ccc(Br)cc1)c1ccc(O)c(F)c1. The van der Waals surface area contributed by atoms with Gasteiger partial charge >= 0.3 is 12.1 Å². The van der Waals surface area contributed by atoms with Crippen LogP contribution in [-0.4, -0.2) is 22.3 Å². The van der Waals surface area contributed by atoms with E-state index in [4.69, 9.17) is 9.84 Å². The number of carboxylic acids is 1. The van der Waals surface area contributed by atoms with Crippen molar-refractivity contribution in [1.29, 1.82) is 0 Å². The molecule has 0 radical (unpaired) electrons. The molecule has 0 heterocycles. The molecule has 0 bridgehead atoms. The van der Waals surface area contributed by atoms with Crippen LogP contribution in [0.25, 0.3) is 0 Å². The summed E-state index contributed by atoms with van der Waals surface area (Å²) >= 11 is 3.29. The minimum absolute atomic E-state index is 0.277. The summed E-state index contributed by atoms with van der Waals surface area (Å²) in [5.41, 5.74) is 0.770. The summed E-state index contributed by atoms with van der Waals surface area (Å²) in [7, 11) is 0. The van der Waals surface area contributed by atoms with E-state index in [1.54, 1.807) is 31.2 Å². The standard InChI is InChI=1S/C19H17BrFNO5/c1-11(2-9-17(24)25)18(12-3-8-16(23)15(21)10-12)27-19(26)22-14-6-4-13(20)5-7-14/h2-11,18,23H,1H3,(H,22,26)(H,24,25)/b9-2+/t11-,18+/m1/s1. The predicted molar refractivity (Wildman–Crippen MR) is 101 cm³/mol. The van der Waals surface area contributed by atoms with Gasteiger partial charge in [0.25, 0.3) is 0 Å². The smallest absolute Gasteiger partial charge is 0.412 e. The molecule has 1 amide bonds. The molecule has 0 unspecified atom stereocenters. The van der Waals surface area contributed by atoms with Crippen LogP contribution in [0.4, 0.5) is 14.9 Å². The van der Waals surface area contributed by atoms with E-state index >= 15 is 0 Å². The normalized spacial score (nSPS) is 13.1. The van der Waals surface area contributed by atoms with Crippen molar-refractivity contribution < 1.29 is 28.9 Å². The van der Waals surface area contributed by atoms with Gasteiger partial charge < -0.3 is 14.9 Å². The van der Waals surface area contributed by atoms with Gasteiger partial charge in [-0.2, -0.15) is 0 Å². The first-order chi connectivity index (χ1) is 12.8. The monoisotopic (exact) mass is 437 g/mol. The minimum Gasteiger partial charge on any atom is -0.505 e. The molecule has 2 rings (SSSR count). The van der Waals surface area contributed by atoms with E-state index in [0.717, 1.165) is 22.7 Å². The Hall–Kier alpha value is -2.87. The number of carbonyl (C=O) groups excluding carboxylic acids is 1. The molecule has 142 valence electrons. The molecule has 3 N–H and O–H groups in total. The zero-order valence-corrected chi connectivity index (χ0v) is 15.8. The van der Waals surface area contributed by atoms with E-state index in [1.807, 2.05) is 0 Å². The van der Waals surface area contributed by atoms with E-state index in [2.05, 4.69) is 21.2 Å². The van der Waals surface area contributed by atoms with Crippen LogP contribution < -0.4 is 5.32 Å². The molecule has 6 nitrogen and oxygen atoms in total. The van der Waals surface area contributed by atoms with Crippen molar-refractivity contribution in [2.24, 2.45) is 5.92 Å². The molecule has 8 heteroatoms. The van der Waals surface area contributed by atoms with Crippen LogP contribution in [0.3, 0.4) is 0 Å². The zero-order chi connectivity index (χ0) is 20.0. The Bertz CT molecular complexity index is 854. The maximum Gasteiger partial charge on any atom is 0.412 e. The van der Waals surface area contributed by atoms with Crippen LogP contribution in [0, 0.1) is 11.7 Å². The Balaban J connectivity index is 2.22. The number of hydrogen-bond acceptors (Lipinski definition) is 4. The van der Waals surface area contributed by atoms with Crippen LogP contribution in [0.5, 0.6) is 5.75 Å². The average Bonchev–Trinajstić information content (AvgIpc) is 2.62. The summed E-state index contributed by atoms with van der Waals surface area (Å²) in [5, 5.41) is 20.7. The second-order valence-corrected chi connectivity index (χ2v) is 6.64. The highest BCUT2D eigenvalue weighted by Crippen LogP contribution is 2.30. The largest absolute Gasteiger partial charge is 0.505 e. The fourth-order valence-corrected chi connectivity index (χ4v) is 2.57. The first-order valence-corrected chi connectivity index (χ1v) is 8.68. The molecule has 2 atom stereocenters. The third-order valence-electron chi connectivity index (χ3n) is 3.64. The molecular weight excluding hydrogens is 421 g/mol. The van der Waals surface area contributed by atoms with Crippen molar-refractivity contribution in [2.75, 3.05) is 5.32 Å². The van der Waals surface area contributed by atoms with Crippen molar-refractivity contribution in [3.05, 3.63) is 70.5 Å². The number of ether oxygens (including phenoxy) is 1. The van der Waals surface area contributed by atoms with Gasteiger partial charge in [0.15, 0.2) is 11.6 Å². The number of carboxylic acid groups (broad SMARTS) is 1. The number of nitrogens with one attached hydrogen (secondary N) is 1. The first-order valence-electron chi connectivity index (χ1n) is 7.89. The maximum atomic E-state index is 13.7. The molecule has 0 saturated carbocycles. The highest BCUT2D eigenvalue weighted by atomic mass is 79.9. The van der Waals surface area contributed by atoms with Crippen LogP contribution in [-0.2, 0) is 9.53 Å². The molecular formula is C19H17BrFNO5. The van der Waals surface area contributed by atoms with Crippen LogP contribution in [0.2, 0.25) is 0 Å². The lowest BCUT2D eigenvalue weighted by Crippen LogP contribution is -2.21. The first kappa shape index (κ1) is 20.4. The molecule has 27 heavy (non-hydrogen) atoms. The van der Waals surface area contributed by atoms with E-state index < -0.39 is 35.7 Å². The molecule has 0 aliphatic rings. The number of phenols is 1. The number of halogens is 2. The van der Waals surface area contributed by atoms with Crippen LogP contribution in [0.15, 0.2) is 59.1 Å². The molecule has 2 aromatic rings. The highest BCUT2D eigenvalue weighted by Gasteiger charge is 2.23. The Morgan fingerprint density at radius 1 is 1.22 bits per heavy atom. The summed E-state index contributed by atoms with van der Waals surface area (Å²) in [6.45, 7) is 1.63. The summed E-state index contributed by atoms with van der Waals surface area (Å²) in [6, 6.07) is 10.4. The molecule has 2 aromatic carbocycles. The molecule has 0 fully saturated rings. The number of benzene rings is 2. The Labute approximate surface area is 163 Å². The van der Waals surface area contributed by atoms with Gasteiger partial charge in [0.2, 0.25) is 0 Å². The lowest BCUT2D eigenvalue weighted by Gasteiger charge is -2.23. The van der Waals surface area contributed by atoms with Crippen LogP contribution >= 0.6 is 15.9 Å². The topological polar surface area (TPSA) is 95.9 Å². The van der Waals surface area contributed by atoms with Crippen molar-refractivity contribution in [3.8, 4) is 5.75 Å². The number of aromatic hydroxyl groups is 1. The lowest BCUT2D eigenvalue weighted by atomic mass is 9.96. The van der Waals surface area contributed by atoms with Gasteiger partial charge in [0.1, 0.15) is 6.10 Å². The molecule has 0 saturated heterocycles. The van der Waals surface area contributed by atoms with Crippen molar-refractivity contribution in [3.63, 3.8) is 0 Å². The quantitative estimate of drug-likeness (QED) is 0.560. The molecule has 0 spiro atoms. The second-order valence-electron chi connectivity index (χ2n) is 5.73. The van der Waals surface area contributed by atoms with E-state index in [0.29, 0.717) is 5.69 Å². The number of carbonyl (C=O) groups is 2. The molecule has 0 aromatic heterocycles. The fourth-order valence-electron chi connectivity index (χ4n) is 2.31. The van der Waals surface area contributed by atoms with Gasteiger partial charge in [-0.15, -0.1) is 0 Å². The minimum atomic E-state index is -1.16.